The molecule has 1 aliphatic rings. The smallest absolute Gasteiger partial charge is 0.241 e. The van der Waals surface area contributed by atoms with Crippen LogP contribution in [0.15, 0.2) is 21.5 Å². The van der Waals surface area contributed by atoms with Crippen LogP contribution in [-0.2, 0) is 16.6 Å². The first kappa shape index (κ1) is 16.9. The molecule has 1 aromatic rings. The van der Waals surface area contributed by atoms with Gasteiger partial charge in [-0.3, -0.25) is 0 Å². The van der Waals surface area contributed by atoms with Crippen LogP contribution in [0.5, 0.6) is 0 Å². The molecule has 0 aliphatic heterocycles. The number of benzene rings is 1. The number of hydrogen-bond acceptors (Lipinski definition) is 3. The molecule has 2 N–H and O–H groups in total. The molecule has 1 fully saturated rings. The minimum atomic E-state index is -3.45. The van der Waals surface area contributed by atoms with Crippen LogP contribution >= 0.6 is 15.9 Å². The Bertz CT molecular complexity index is 610. The molecule has 2 rings (SSSR count). The predicted octanol–water partition coefficient (Wildman–Crippen LogP) is 2.94. The summed E-state index contributed by atoms with van der Waals surface area (Å²) in [5.41, 5.74) is 1.73. The molecular weight excluding hydrogens is 352 g/mol. The van der Waals surface area contributed by atoms with Gasteiger partial charge in [-0.2, -0.15) is 0 Å². The molecule has 6 heteroatoms. The van der Waals surface area contributed by atoms with E-state index in [1.54, 1.807) is 6.07 Å². The van der Waals surface area contributed by atoms with Crippen molar-refractivity contribution in [1.29, 1.82) is 0 Å². The normalized spacial score (nSPS) is 22.1. The van der Waals surface area contributed by atoms with Gasteiger partial charge < -0.3 is 5.32 Å². The molecular formula is C15H23BrN2O2S. The van der Waals surface area contributed by atoms with E-state index in [1.807, 2.05) is 19.9 Å². The third kappa shape index (κ3) is 4.06. The predicted molar refractivity (Wildman–Crippen MR) is 88.8 cm³/mol. The number of nitrogens with one attached hydrogen (secondary N) is 2. The minimum Gasteiger partial charge on any atom is -0.313 e. The van der Waals surface area contributed by atoms with Crippen molar-refractivity contribution in [2.24, 2.45) is 5.92 Å². The number of halogens is 1. The largest absolute Gasteiger partial charge is 0.313 e. The van der Waals surface area contributed by atoms with E-state index in [9.17, 15) is 8.42 Å². The van der Waals surface area contributed by atoms with Gasteiger partial charge in [0, 0.05) is 17.1 Å². The third-order valence-electron chi connectivity index (χ3n) is 3.92. The van der Waals surface area contributed by atoms with Gasteiger partial charge in [0.05, 0.1) is 4.90 Å². The summed E-state index contributed by atoms with van der Waals surface area (Å²) in [6.07, 6.45) is 1.85. The van der Waals surface area contributed by atoms with Gasteiger partial charge in [-0.1, -0.05) is 29.8 Å². The summed E-state index contributed by atoms with van der Waals surface area (Å²) >= 11 is 3.47. The van der Waals surface area contributed by atoms with E-state index in [1.165, 1.54) is 0 Å². The second-order valence-electron chi connectivity index (χ2n) is 5.88. The topological polar surface area (TPSA) is 58.2 Å². The van der Waals surface area contributed by atoms with E-state index in [-0.39, 0.29) is 6.04 Å². The maximum Gasteiger partial charge on any atom is 0.241 e. The van der Waals surface area contributed by atoms with E-state index < -0.39 is 10.0 Å². The highest BCUT2D eigenvalue weighted by Crippen LogP contribution is 2.30. The Kier molecular flexibility index (Phi) is 5.46. The zero-order chi connectivity index (χ0) is 15.6. The summed E-state index contributed by atoms with van der Waals surface area (Å²) < 4.78 is 28.8. The summed E-state index contributed by atoms with van der Waals surface area (Å²) in [5, 5.41) is 3.22. The van der Waals surface area contributed by atoms with Crippen molar-refractivity contribution in [1.82, 2.24) is 10.0 Å². The average molecular weight is 375 g/mol. The van der Waals surface area contributed by atoms with Crippen LogP contribution in [0.4, 0.5) is 0 Å². The fourth-order valence-corrected chi connectivity index (χ4v) is 4.86. The lowest BCUT2D eigenvalue weighted by molar-refractivity contribution is 0.270. The van der Waals surface area contributed by atoms with Crippen molar-refractivity contribution in [3.05, 3.63) is 27.7 Å². The Hall–Kier alpha value is -0.430. The monoisotopic (exact) mass is 374 g/mol. The molecule has 1 aromatic carbocycles. The van der Waals surface area contributed by atoms with Crippen molar-refractivity contribution in [2.45, 2.75) is 51.1 Å². The van der Waals surface area contributed by atoms with Crippen LogP contribution in [0.1, 0.15) is 37.8 Å². The van der Waals surface area contributed by atoms with Crippen molar-refractivity contribution in [2.75, 3.05) is 6.54 Å². The zero-order valence-corrected chi connectivity index (χ0v) is 15.1. The van der Waals surface area contributed by atoms with Crippen LogP contribution in [-0.4, -0.2) is 21.0 Å². The van der Waals surface area contributed by atoms with Crippen LogP contribution in [0.2, 0.25) is 0 Å². The first-order valence-electron chi connectivity index (χ1n) is 7.35. The van der Waals surface area contributed by atoms with Crippen LogP contribution in [0.25, 0.3) is 0 Å². The van der Waals surface area contributed by atoms with Gasteiger partial charge in [0.15, 0.2) is 0 Å². The summed E-state index contributed by atoms with van der Waals surface area (Å²) in [5.74, 6) is 0.616. The van der Waals surface area contributed by atoms with E-state index >= 15 is 0 Å². The van der Waals surface area contributed by atoms with Crippen molar-refractivity contribution < 1.29 is 8.42 Å². The highest BCUT2D eigenvalue weighted by Gasteiger charge is 2.30. The molecule has 0 saturated heterocycles. The van der Waals surface area contributed by atoms with Crippen molar-refractivity contribution >= 4 is 26.0 Å². The van der Waals surface area contributed by atoms with Gasteiger partial charge in [0.2, 0.25) is 10.0 Å². The minimum absolute atomic E-state index is 0.0839. The molecule has 0 atom stereocenters. The lowest BCUT2D eigenvalue weighted by atomic mass is 9.83. The molecule has 0 bridgehead atoms. The van der Waals surface area contributed by atoms with E-state index in [0.717, 1.165) is 35.0 Å². The lowest BCUT2D eigenvalue weighted by Crippen LogP contribution is -2.43. The van der Waals surface area contributed by atoms with Gasteiger partial charge in [-0.15, -0.1) is 0 Å². The maximum absolute atomic E-state index is 12.6. The molecule has 0 spiro atoms. The van der Waals surface area contributed by atoms with E-state index in [2.05, 4.69) is 32.9 Å². The molecule has 0 radical (unpaired) electrons. The van der Waals surface area contributed by atoms with Crippen LogP contribution in [0, 0.1) is 12.8 Å². The van der Waals surface area contributed by atoms with E-state index in [0.29, 0.717) is 17.4 Å². The highest BCUT2D eigenvalue weighted by atomic mass is 79.9. The molecule has 0 amide bonds. The maximum atomic E-state index is 12.6. The number of sulfonamides is 1. The average Bonchev–Trinajstić information content (AvgIpc) is 2.37. The SMILES string of the molecule is CCNCc1cc(Br)c(C)c(S(=O)(=O)NC2CC(C)C2)c1. The quantitative estimate of drug-likeness (QED) is 0.804. The molecule has 1 aliphatic carbocycles. The molecule has 0 aromatic heterocycles. The Balaban J connectivity index is 2.26. The number of rotatable bonds is 6. The number of hydrogen-bond donors (Lipinski definition) is 2. The second-order valence-corrected chi connectivity index (χ2v) is 8.41. The third-order valence-corrected chi connectivity index (χ3v) is 6.39. The fraction of sp³-hybridized carbons (Fsp3) is 0.600. The molecule has 21 heavy (non-hydrogen) atoms. The van der Waals surface area contributed by atoms with Gasteiger partial charge in [0.1, 0.15) is 0 Å². The summed E-state index contributed by atoms with van der Waals surface area (Å²) in [7, 11) is -3.45. The molecule has 0 unspecified atom stereocenters. The summed E-state index contributed by atoms with van der Waals surface area (Å²) in [6.45, 7) is 7.52. The van der Waals surface area contributed by atoms with Crippen molar-refractivity contribution in [3.63, 3.8) is 0 Å². The summed E-state index contributed by atoms with van der Waals surface area (Å²) in [6, 6.07) is 3.83. The first-order valence-corrected chi connectivity index (χ1v) is 9.63. The Morgan fingerprint density at radius 3 is 2.57 bits per heavy atom. The molecule has 4 nitrogen and oxygen atoms in total. The van der Waals surface area contributed by atoms with Gasteiger partial charge in [-0.25, -0.2) is 13.1 Å². The Labute approximate surface area is 135 Å². The van der Waals surface area contributed by atoms with Gasteiger partial charge in [-0.05, 0) is 55.5 Å². The standard InChI is InChI=1S/C15H23BrN2O2S/c1-4-17-9-12-7-14(16)11(3)15(8-12)21(19,20)18-13-5-10(2)6-13/h7-8,10,13,17-18H,4-6,9H2,1-3H3. The van der Waals surface area contributed by atoms with Gasteiger partial charge in [0.25, 0.3) is 0 Å². The van der Waals surface area contributed by atoms with E-state index in [4.69, 9.17) is 0 Å². The Morgan fingerprint density at radius 2 is 2.00 bits per heavy atom. The summed E-state index contributed by atoms with van der Waals surface area (Å²) in [4.78, 5) is 0.379. The first-order chi connectivity index (χ1) is 9.83. The van der Waals surface area contributed by atoms with Crippen LogP contribution in [0.3, 0.4) is 0 Å². The lowest BCUT2D eigenvalue weighted by Gasteiger charge is -2.33. The Morgan fingerprint density at radius 1 is 1.33 bits per heavy atom. The van der Waals surface area contributed by atoms with Gasteiger partial charge >= 0.3 is 0 Å². The molecule has 0 heterocycles. The van der Waals surface area contributed by atoms with Crippen LogP contribution < -0.4 is 10.0 Å². The highest BCUT2D eigenvalue weighted by molar-refractivity contribution is 9.10. The molecule has 118 valence electrons. The fourth-order valence-electron chi connectivity index (χ4n) is 2.64. The molecule has 1 saturated carbocycles. The van der Waals surface area contributed by atoms with Crippen molar-refractivity contribution in [3.8, 4) is 0 Å². The zero-order valence-electron chi connectivity index (χ0n) is 12.7. The second kappa shape index (κ2) is 6.77.